The summed E-state index contributed by atoms with van der Waals surface area (Å²) in [5.41, 5.74) is 3.09. The highest BCUT2D eigenvalue weighted by atomic mass is 35.5. The van der Waals surface area contributed by atoms with Gasteiger partial charge in [-0.2, -0.15) is 5.10 Å². The van der Waals surface area contributed by atoms with Crippen LogP contribution in [-0.2, 0) is 13.6 Å². The van der Waals surface area contributed by atoms with E-state index in [1.54, 1.807) is 16.0 Å². The van der Waals surface area contributed by atoms with Crippen LogP contribution in [0.4, 0.5) is 0 Å². The van der Waals surface area contributed by atoms with Gasteiger partial charge < -0.3 is 5.32 Å². The Labute approximate surface area is 116 Å². The van der Waals surface area contributed by atoms with Crippen molar-refractivity contribution < 1.29 is 0 Å². The Hall–Kier alpha value is -0.910. The number of thiazole rings is 1. The van der Waals surface area contributed by atoms with Gasteiger partial charge in [0.05, 0.1) is 11.7 Å². The second-order valence-corrected chi connectivity index (χ2v) is 5.66. The molecule has 0 amide bonds. The number of nitrogens with one attached hydrogen (secondary N) is 1. The van der Waals surface area contributed by atoms with E-state index >= 15 is 0 Å². The predicted octanol–water partition coefficient (Wildman–Crippen LogP) is 3.00. The Bertz CT molecular complexity index is 546. The smallest absolute Gasteiger partial charge is 0.131 e. The first-order valence-electron chi connectivity index (χ1n) is 5.82. The van der Waals surface area contributed by atoms with Gasteiger partial charge in [-0.15, -0.1) is 11.3 Å². The molecule has 0 radical (unpaired) electrons. The van der Waals surface area contributed by atoms with Crippen LogP contribution < -0.4 is 5.32 Å². The molecule has 0 spiro atoms. The predicted molar refractivity (Wildman–Crippen MR) is 75.1 cm³/mol. The summed E-state index contributed by atoms with van der Waals surface area (Å²) in [4.78, 5) is 4.48. The van der Waals surface area contributed by atoms with Crippen LogP contribution in [0, 0.1) is 13.8 Å². The Morgan fingerprint density at radius 1 is 1.50 bits per heavy atom. The number of rotatable bonds is 4. The van der Waals surface area contributed by atoms with Crippen molar-refractivity contribution in [2.75, 3.05) is 0 Å². The standard InChI is InChI=1S/C12H17ClN4S/c1-7-6-18-12(15-7)9(3)14-5-10-8(2)16-17(4)11(10)13/h6,9,14H,5H2,1-4H3. The van der Waals surface area contributed by atoms with Crippen LogP contribution in [0.2, 0.25) is 5.15 Å². The molecule has 0 fully saturated rings. The lowest BCUT2D eigenvalue weighted by atomic mass is 10.2. The first kappa shape index (κ1) is 13.5. The molecule has 0 saturated heterocycles. The highest BCUT2D eigenvalue weighted by Crippen LogP contribution is 2.21. The molecule has 2 heterocycles. The molecule has 2 rings (SSSR count). The molecule has 0 aliphatic rings. The number of nitrogens with zero attached hydrogens (tertiary/aromatic N) is 3. The van der Waals surface area contributed by atoms with Crippen LogP contribution >= 0.6 is 22.9 Å². The molecule has 0 aliphatic heterocycles. The van der Waals surface area contributed by atoms with E-state index in [1.165, 1.54) is 0 Å². The topological polar surface area (TPSA) is 42.7 Å². The summed E-state index contributed by atoms with van der Waals surface area (Å²) in [6.07, 6.45) is 0. The van der Waals surface area contributed by atoms with Crippen LogP contribution in [0.15, 0.2) is 5.38 Å². The third kappa shape index (κ3) is 2.74. The van der Waals surface area contributed by atoms with Crippen molar-refractivity contribution in [2.45, 2.75) is 33.4 Å². The van der Waals surface area contributed by atoms with Crippen LogP contribution in [0.5, 0.6) is 0 Å². The van der Waals surface area contributed by atoms with Crippen LogP contribution in [0.3, 0.4) is 0 Å². The average Bonchev–Trinajstić information content (AvgIpc) is 2.83. The maximum atomic E-state index is 6.20. The zero-order chi connectivity index (χ0) is 13.3. The average molecular weight is 285 g/mol. The maximum Gasteiger partial charge on any atom is 0.131 e. The Balaban J connectivity index is 2.03. The van der Waals surface area contributed by atoms with E-state index in [-0.39, 0.29) is 6.04 Å². The van der Waals surface area contributed by atoms with Gasteiger partial charge in [0.1, 0.15) is 10.2 Å². The van der Waals surface area contributed by atoms with Gasteiger partial charge >= 0.3 is 0 Å². The quantitative estimate of drug-likeness (QED) is 0.938. The molecule has 1 atom stereocenters. The van der Waals surface area contributed by atoms with Crippen molar-refractivity contribution in [3.05, 3.63) is 32.5 Å². The van der Waals surface area contributed by atoms with Crippen molar-refractivity contribution in [1.29, 1.82) is 0 Å². The third-order valence-electron chi connectivity index (χ3n) is 2.86. The molecule has 2 aromatic heterocycles. The summed E-state index contributed by atoms with van der Waals surface area (Å²) < 4.78 is 1.70. The SMILES string of the molecule is Cc1csc(C(C)NCc2c(C)nn(C)c2Cl)n1. The lowest BCUT2D eigenvalue weighted by Crippen LogP contribution is -2.18. The summed E-state index contributed by atoms with van der Waals surface area (Å²) >= 11 is 7.87. The lowest BCUT2D eigenvalue weighted by molar-refractivity contribution is 0.570. The number of aryl methyl sites for hydroxylation is 3. The number of halogens is 1. The fourth-order valence-corrected chi connectivity index (χ4v) is 2.86. The van der Waals surface area contributed by atoms with Crippen molar-refractivity contribution >= 4 is 22.9 Å². The number of hydrogen-bond acceptors (Lipinski definition) is 4. The van der Waals surface area contributed by atoms with E-state index in [2.05, 4.69) is 27.7 Å². The highest BCUT2D eigenvalue weighted by Gasteiger charge is 2.14. The number of hydrogen-bond donors (Lipinski definition) is 1. The summed E-state index contributed by atoms with van der Waals surface area (Å²) in [7, 11) is 1.85. The van der Waals surface area contributed by atoms with Crippen LogP contribution in [-0.4, -0.2) is 14.8 Å². The molecular formula is C12H17ClN4S. The minimum atomic E-state index is 0.222. The van der Waals surface area contributed by atoms with E-state index < -0.39 is 0 Å². The van der Waals surface area contributed by atoms with E-state index in [0.29, 0.717) is 11.7 Å². The maximum absolute atomic E-state index is 6.20. The minimum absolute atomic E-state index is 0.222. The monoisotopic (exact) mass is 284 g/mol. The zero-order valence-corrected chi connectivity index (χ0v) is 12.6. The molecule has 2 aromatic rings. The van der Waals surface area contributed by atoms with Gasteiger partial charge in [-0.1, -0.05) is 11.6 Å². The molecule has 1 N–H and O–H groups in total. The molecule has 0 bridgehead atoms. The van der Waals surface area contributed by atoms with Crippen molar-refractivity contribution in [3.63, 3.8) is 0 Å². The minimum Gasteiger partial charge on any atom is -0.304 e. The van der Waals surface area contributed by atoms with Gasteiger partial charge in [0, 0.05) is 30.2 Å². The summed E-state index contributed by atoms with van der Waals surface area (Å²) in [6.45, 7) is 6.80. The molecule has 1 unspecified atom stereocenters. The summed E-state index contributed by atoms with van der Waals surface area (Å²) in [5.74, 6) is 0. The van der Waals surface area contributed by atoms with E-state index in [9.17, 15) is 0 Å². The second kappa shape index (κ2) is 5.38. The first-order chi connectivity index (χ1) is 8.49. The largest absolute Gasteiger partial charge is 0.304 e. The normalized spacial score (nSPS) is 12.9. The Morgan fingerprint density at radius 3 is 2.72 bits per heavy atom. The van der Waals surface area contributed by atoms with Gasteiger partial charge in [-0.25, -0.2) is 4.98 Å². The molecule has 4 nitrogen and oxygen atoms in total. The van der Waals surface area contributed by atoms with Crippen LogP contribution in [0.25, 0.3) is 0 Å². The van der Waals surface area contributed by atoms with Gasteiger partial charge in [0.25, 0.3) is 0 Å². The second-order valence-electron chi connectivity index (χ2n) is 4.41. The van der Waals surface area contributed by atoms with Crippen molar-refractivity contribution in [1.82, 2.24) is 20.1 Å². The van der Waals surface area contributed by atoms with E-state index in [4.69, 9.17) is 11.6 Å². The van der Waals surface area contributed by atoms with Crippen LogP contribution in [0.1, 0.15) is 34.9 Å². The lowest BCUT2D eigenvalue weighted by Gasteiger charge is -2.10. The molecule has 0 saturated carbocycles. The third-order valence-corrected chi connectivity index (χ3v) is 4.48. The van der Waals surface area contributed by atoms with Crippen molar-refractivity contribution in [3.8, 4) is 0 Å². The van der Waals surface area contributed by atoms with Crippen molar-refractivity contribution in [2.24, 2.45) is 7.05 Å². The van der Waals surface area contributed by atoms with Gasteiger partial charge in [-0.05, 0) is 20.8 Å². The zero-order valence-electron chi connectivity index (χ0n) is 11.0. The first-order valence-corrected chi connectivity index (χ1v) is 7.08. The molecule has 6 heteroatoms. The summed E-state index contributed by atoms with van der Waals surface area (Å²) in [5, 5.41) is 11.6. The van der Waals surface area contributed by atoms with E-state index in [0.717, 1.165) is 22.0 Å². The van der Waals surface area contributed by atoms with Gasteiger partial charge in [0.15, 0.2) is 0 Å². The fraction of sp³-hybridized carbons (Fsp3) is 0.500. The molecular weight excluding hydrogens is 268 g/mol. The fourth-order valence-electron chi connectivity index (χ4n) is 1.79. The molecule has 98 valence electrons. The Morgan fingerprint density at radius 2 is 2.22 bits per heavy atom. The summed E-state index contributed by atoms with van der Waals surface area (Å²) in [6, 6.07) is 0.222. The van der Waals surface area contributed by atoms with Gasteiger partial charge in [0.2, 0.25) is 0 Å². The highest BCUT2D eigenvalue weighted by molar-refractivity contribution is 7.09. The molecule has 0 aromatic carbocycles. The molecule has 0 aliphatic carbocycles. The number of aromatic nitrogens is 3. The Kier molecular flexibility index (Phi) is 4.04. The van der Waals surface area contributed by atoms with Gasteiger partial charge in [-0.3, -0.25) is 4.68 Å². The molecule has 18 heavy (non-hydrogen) atoms. The van der Waals surface area contributed by atoms with E-state index in [1.807, 2.05) is 20.9 Å².